The van der Waals surface area contributed by atoms with Crippen molar-refractivity contribution in [2.45, 2.75) is 45.3 Å². The number of carbonyl (C=O) groups excluding carboxylic acids is 1. The second-order valence-electron chi connectivity index (χ2n) is 6.49. The van der Waals surface area contributed by atoms with Gasteiger partial charge in [0.25, 0.3) is 11.5 Å². The van der Waals surface area contributed by atoms with Crippen LogP contribution in [0.2, 0.25) is 0 Å². The molecule has 25 heavy (non-hydrogen) atoms. The fourth-order valence-electron chi connectivity index (χ4n) is 2.60. The molecule has 1 saturated carbocycles. The Kier molecular flexibility index (Phi) is 5.16. The molecule has 1 atom stereocenters. The molecular weight excluding hydrogens is 318 g/mol. The van der Waals surface area contributed by atoms with Gasteiger partial charge in [-0.2, -0.15) is 0 Å². The van der Waals surface area contributed by atoms with Gasteiger partial charge in [-0.25, -0.2) is 4.98 Å². The van der Waals surface area contributed by atoms with Crippen molar-refractivity contribution in [2.24, 2.45) is 0 Å². The Balaban J connectivity index is 1.48. The number of rotatable bonds is 7. The lowest BCUT2D eigenvalue weighted by Crippen LogP contribution is -2.38. The van der Waals surface area contributed by atoms with Gasteiger partial charge in [0, 0.05) is 25.1 Å². The minimum absolute atomic E-state index is 0.0739. The highest BCUT2D eigenvalue weighted by Crippen LogP contribution is 2.38. The first-order valence-electron chi connectivity index (χ1n) is 8.60. The lowest BCUT2D eigenvalue weighted by molar-refractivity contribution is -0.127. The first-order valence-corrected chi connectivity index (χ1v) is 8.60. The molecule has 1 heterocycles. The zero-order valence-electron chi connectivity index (χ0n) is 14.6. The normalized spacial score (nSPS) is 14.8. The number of hydrogen-bond acceptors (Lipinski definition) is 4. The van der Waals surface area contributed by atoms with Crippen molar-refractivity contribution in [3.8, 4) is 5.75 Å². The van der Waals surface area contributed by atoms with E-state index in [4.69, 9.17) is 4.74 Å². The Labute approximate surface area is 146 Å². The summed E-state index contributed by atoms with van der Waals surface area (Å²) in [5.74, 6) is 0.914. The van der Waals surface area contributed by atoms with Crippen LogP contribution in [-0.4, -0.2) is 28.1 Å². The number of nitrogens with zero attached hydrogens (tertiary/aromatic N) is 2. The molecule has 1 aromatic heterocycles. The number of nitrogens with one attached hydrogen (secondary N) is 1. The molecule has 0 aliphatic heterocycles. The lowest BCUT2D eigenvalue weighted by atomic mass is 10.2. The monoisotopic (exact) mass is 341 g/mol. The van der Waals surface area contributed by atoms with E-state index in [0.717, 1.165) is 24.1 Å². The van der Waals surface area contributed by atoms with Gasteiger partial charge in [-0.15, -0.1) is 0 Å². The van der Waals surface area contributed by atoms with Crippen molar-refractivity contribution < 1.29 is 9.53 Å². The van der Waals surface area contributed by atoms with Crippen molar-refractivity contribution in [1.82, 2.24) is 14.9 Å². The van der Waals surface area contributed by atoms with E-state index in [9.17, 15) is 9.59 Å². The minimum Gasteiger partial charge on any atom is -0.481 e. The smallest absolute Gasteiger partial charge is 0.260 e. The van der Waals surface area contributed by atoms with E-state index in [1.54, 1.807) is 19.3 Å². The Morgan fingerprint density at radius 2 is 2.20 bits per heavy atom. The van der Waals surface area contributed by atoms with Crippen molar-refractivity contribution in [1.29, 1.82) is 0 Å². The van der Waals surface area contributed by atoms with Crippen LogP contribution in [0.25, 0.3) is 0 Å². The highest BCUT2D eigenvalue weighted by molar-refractivity contribution is 5.80. The van der Waals surface area contributed by atoms with Gasteiger partial charge in [0.2, 0.25) is 0 Å². The highest BCUT2D eigenvalue weighted by Gasteiger charge is 2.25. The summed E-state index contributed by atoms with van der Waals surface area (Å²) in [5.41, 5.74) is 1.88. The average molecular weight is 341 g/mol. The summed E-state index contributed by atoms with van der Waals surface area (Å²) in [4.78, 5) is 28.5. The Morgan fingerprint density at radius 3 is 2.88 bits per heavy atom. The lowest BCUT2D eigenvalue weighted by Gasteiger charge is -2.15. The molecule has 1 N–H and O–H groups in total. The van der Waals surface area contributed by atoms with Crippen LogP contribution in [0.3, 0.4) is 0 Å². The topological polar surface area (TPSA) is 73.2 Å². The molecule has 6 heteroatoms. The molecule has 1 aromatic carbocycles. The predicted molar refractivity (Wildman–Crippen MR) is 94.8 cm³/mol. The van der Waals surface area contributed by atoms with Gasteiger partial charge < -0.3 is 10.1 Å². The predicted octanol–water partition coefficient (Wildman–Crippen LogP) is 2.01. The molecule has 1 aliphatic rings. The van der Waals surface area contributed by atoms with E-state index in [1.165, 1.54) is 4.57 Å². The van der Waals surface area contributed by atoms with E-state index in [1.807, 2.05) is 31.2 Å². The zero-order valence-corrected chi connectivity index (χ0v) is 14.6. The van der Waals surface area contributed by atoms with Crippen molar-refractivity contribution in [3.05, 3.63) is 58.3 Å². The van der Waals surface area contributed by atoms with Crippen LogP contribution < -0.4 is 15.6 Å². The molecule has 0 radical (unpaired) electrons. The molecule has 6 nitrogen and oxygen atoms in total. The summed E-state index contributed by atoms with van der Waals surface area (Å²) in [6.07, 6.45) is 3.19. The van der Waals surface area contributed by atoms with Crippen molar-refractivity contribution in [3.63, 3.8) is 0 Å². The van der Waals surface area contributed by atoms with E-state index >= 15 is 0 Å². The number of carbonyl (C=O) groups is 1. The Morgan fingerprint density at radius 1 is 1.40 bits per heavy atom. The van der Waals surface area contributed by atoms with Gasteiger partial charge in [0.05, 0.1) is 12.0 Å². The van der Waals surface area contributed by atoms with Crippen LogP contribution in [0.15, 0.2) is 41.5 Å². The summed E-state index contributed by atoms with van der Waals surface area (Å²) in [6.45, 7) is 4.41. The van der Waals surface area contributed by atoms with Gasteiger partial charge >= 0.3 is 0 Å². The highest BCUT2D eigenvalue weighted by atomic mass is 16.5. The molecule has 0 spiro atoms. The first-order chi connectivity index (χ1) is 12.0. The molecule has 0 unspecified atom stereocenters. The van der Waals surface area contributed by atoms with E-state index < -0.39 is 6.10 Å². The Hall–Kier alpha value is -2.63. The minimum atomic E-state index is -0.603. The molecule has 0 saturated heterocycles. The third-order valence-electron chi connectivity index (χ3n) is 4.22. The van der Waals surface area contributed by atoms with Crippen molar-refractivity contribution in [2.75, 3.05) is 6.54 Å². The molecular formula is C19H23N3O3. The van der Waals surface area contributed by atoms with Gasteiger partial charge in [-0.05, 0) is 44.4 Å². The van der Waals surface area contributed by atoms with Crippen LogP contribution in [0.4, 0.5) is 0 Å². The van der Waals surface area contributed by atoms with Crippen LogP contribution in [0.1, 0.15) is 36.9 Å². The first kappa shape index (κ1) is 17.2. The van der Waals surface area contributed by atoms with Gasteiger partial charge in [-0.1, -0.05) is 12.1 Å². The molecule has 132 valence electrons. The molecule has 2 aromatic rings. The number of hydrogen-bond donors (Lipinski definition) is 1. The maximum absolute atomic E-state index is 12.1. The molecule has 1 amide bonds. The van der Waals surface area contributed by atoms with Crippen LogP contribution >= 0.6 is 0 Å². The van der Waals surface area contributed by atoms with Gasteiger partial charge in [-0.3, -0.25) is 14.2 Å². The molecule has 0 bridgehead atoms. The summed E-state index contributed by atoms with van der Waals surface area (Å²) < 4.78 is 7.15. The number of benzene rings is 1. The zero-order chi connectivity index (χ0) is 17.8. The largest absolute Gasteiger partial charge is 0.481 e. The summed E-state index contributed by atoms with van der Waals surface area (Å²) in [7, 11) is 0. The fraction of sp³-hybridized carbons (Fsp3) is 0.421. The Bertz CT molecular complexity index is 812. The van der Waals surface area contributed by atoms with Crippen LogP contribution in [0, 0.1) is 6.92 Å². The van der Waals surface area contributed by atoms with E-state index in [2.05, 4.69) is 10.3 Å². The molecule has 1 fully saturated rings. The van der Waals surface area contributed by atoms with Crippen LogP contribution in [-0.2, 0) is 11.3 Å². The number of aryl methyl sites for hydroxylation is 1. The standard InChI is InChI=1S/C19H23N3O3/c1-13-4-3-5-16(10-13)25-14(2)19(24)20-8-9-22-12-21-17(11-18(22)23)15-6-7-15/h3-5,10-12,14-15H,6-9H2,1-2H3,(H,20,24)/t14-/m0/s1. The average Bonchev–Trinajstić information content (AvgIpc) is 3.41. The maximum atomic E-state index is 12.1. The summed E-state index contributed by atoms with van der Waals surface area (Å²) in [5, 5.41) is 2.79. The van der Waals surface area contributed by atoms with Crippen molar-refractivity contribution >= 4 is 5.91 Å². The fourth-order valence-corrected chi connectivity index (χ4v) is 2.60. The number of ether oxygens (including phenoxy) is 1. The van der Waals surface area contributed by atoms with E-state index in [0.29, 0.717) is 24.8 Å². The van der Waals surface area contributed by atoms with Gasteiger partial charge in [0.15, 0.2) is 6.10 Å². The number of aromatic nitrogens is 2. The quantitative estimate of drug-likeness (QED) is 0.836. The van der Waals surface area contributed by atoms with E-state index in [-0.39, 0.29) is 11.5 Å². The SMILES string of the molecule is Cc1cccc(O[C@@H](C)C(=O)NCCn2cnc(C3CC3)cc2=O)c1. The second kappa shape index (κ2) is 7.51. The van der Waals surface area contributed by atoms with Gasteiger partial charge in [0.1, 0.15) is 5.75 Å². The summed E-state index contributed by atoms with van der Waals surface area (Å²) in [6, 6.07) is 9.17. The summed E-state index contributed by atoms with van der Waals surface area (Å²) >= 11 is 0. The molecule has 3 rings (SSSR count). The third-order valence-corrected chi connectivity index (χ3v) is 4.22. The molecule has 1 aliphatic carbocycles. The maximum Gasteiger partial charge on any atom is 0.260 e. The van der Waals surface area contributed by atoms with Crippen LogP contribution in [0.5, 0.6) is 5.75 Å². The second-order valence-corrected chi connectivity index (χ2v) is 6.49. The third kappa shape index (κ3) is 4.68. The number of amides is 1.